The lowest BCUT2D eigenvalue weighted by Gasteiger charge is -2.34. The number of fused-ring (bicyclic) bond motifs is 1. The minimum absolute atomic E-state index is 0.0265. The van der Waals surface area contributed by atoms with Gasteiger partial charge in [0.2, 0.25) is 5.91 Å². The molecule has 1 amide bonds. The molecule has 28 heavy (non-hydrogen) atoms. The van der Waals surface area contributed by atoms with Gasteiger partial charge in [0.25, 0.3) is 5.56 Å². The Morgan fingerprint density at radius 1 is 1.18 bits per heavy atom. The molecule has 2 unspecified atom stereocenters. The molecule has 0 aliphatic carbocycles. The first-order chi connectivity index (χ1) is 13.3. The summed E-state index contributed by atoms with van der Waals surface area (Å²) in [5.41, 5.74) is 0.616. The number of nitrogens with zero attached hydrogens (tertiary/aromatic N) is 3. The van der Waals surface area contributed by atoms with Crippen LogP contribution < -0.4 is 5.56 Å². The molecule has 154 valence electrons. The van der Waals surface area contributed by atoms with Crippen molar-refractivity contribution in [3.8, 4) is 0 Å². The number of aromatic nitrogens is 2. The number of benzene rings is 1. The molecule has 2 aromatic rings. The van der Waals surface area contributed by atoms with Crippen LogP contribution in [0, 0.1) is 11.8 Å². The second kappa shape index (κ2) is 9.85. The molecule has 0 saturated carbocycles. The zero-order valence-corrected chi connectivity index (χ0v) is 18.2. The number of rotatable bonds is 9. The Bertz CT molecular complexity index is 857. The first-order valence-electron chi connectivity index (χ1n) is 10.6. The van der Waals surface area contributed by atoms with Crippen LogP contribution in [0.3, 0.4) is 0 Å². The van der Waals surface area contributed by atoms with Crippen molar-refractivity contribution < 1.29 is 4.79 Å². The zero-order valence-electron chi connectivity index (χ0n) is 18.2. The van der Waals surface area contributed by atoms with Crippen molar-refractivity contribution in [1.82, 2.24) is 14.5 Å². The fraction of sp³-hybridized carbons (Fsp3) is 0.609. The number of hydrogen-bond donors (Lipinski definition) is 0. The highest BCUT2D eigenvalue weighted by Gasteiger charge is 2.30. The highest BCUT2D eigenvalue weighted by Crippen LogP contribution is 2.25. The second-order valence-electron chi connectivity index (χ2n) is 8.16. The van der Waals surface area contributed by atoms with Gasteiger partial charge in [-0.1, -0.05) is 52.7 Å². The van der Waals surface area contributed by atoms with Gasteiger partial charge < -0.3 is 4.90 Å². The van der Waals surface area contributed by atoms with E-state index in [4.69, 9.17) is 4.98 Å². The Hall–Kier alpha value is -2.17. The average molecular weight is 386 g/mol. The van der Waals surface area contributed by atoms with Gasteiger partial charge in [0.15, 0.2) is 0 Å². The Labute approximate surface area is 168 Å². The lowest BCUT2D eigenvalue weighted by atomic mass is 9.96. The van der Waals surface area contributed by atoms with Gasteiger partial charge in [-0.2, -0.15) is 0 Å². The van der Waals surface area contributed by atoms with E-state index in [0.717, 1.165) is 25.7 Å². The smallest absolute Gasteiger partial charge is 0.261 e. The zero-order chi connectivity index (χ0) is 20.8. The van der Waals surface area contributed by atoms with E-state index in [9.17, 15) is 9.59 Å². The molecule has 0 spiro atoms. The van der Waals surface area contributed by atoms with Gasteiger partial charge in [0.1, 0.15) is 5.82 Å². The number of carbonyl (C=O) groups is 1. The minimum Gasteiger partial charge on any atom is -0.332 e. The summed E-state index contributed by atoms with van der Waals surface area (Å²) < 4.78 is 1.60. The Morgan fingerprint density at radius 3 is 2.46 bits per heavy atom. The van der Waals surface area contributed by atoms with E-state index in [2.05, 4.69) is 27.7 Å². The highest BCUT2D eigenvalue weighted by molar-refractivity contribution is 5.80. The molecule has 1 aromatic heterocycles. The lowest BCUT2D eigenvalue weighted by Crippen LogP contribution is -2.42. The second-order valence-corrected chi connectivity index (χ2v) is 8.16. The van der Waals surface area contributed by atoms with Crippen LogP contribution in [-0.2, 0) is 11.8 Å². The fourth-order valence-electron chi connectivity index (χ4n) is 3.77. The van der Waals surface area contributed by atoms with E-state index < -0.39 is 0 Å². The van der Waals surface area contributed by atoms with Crippen LogP contribution in [0.2, 0.25) is 0 Å². The summed E-state index contributed by atoms with van der Waals surface area (Å²) >= 11 is 0. The fourth-order valence-corrected chi connectivity index (χ4v) is 3.77. The molecule has 0 bridgehead atoms. The molecule has 0 saturated heterocycles. The Kier molecular flexibility index (Phi) is 7.78. The van der Waals surface area contributed by atoms with Crippen molar-refractivity contribution in [2.75, 3.05) is 6.54 Å². The summed E-state index contributed by atoms with van der Waals surface area (Å²) in [6, 6.07) is 7.14. The monoisotopic (exact) mass is 385 g/mol. The molecule has 2 atom stereocenters. The molecule has 1 heterocycles. The molecule has 5 heteroatoms. The molecule has 0 radical (unpaired) electrons. The number of carbonyl (C=O) groups excluding carboxylic acids is 1. The van der Waals surface area contributed by atoms with Crippen molar-refractivity contribution >= 4 is 16.8 Å². The topological polar surface area (TPSA) is 55.2 Å². The number of amides is 1. The van der Waals surface area contributed by atoms with Crippen LogP contribution >= 0.6 is 0 Å². The van der Waals surface area contributed by atoms with Gasteiger partial charge in [-0.25, -0.2) is 4.98 Å². The van der Waals surface area contributed by atoms with Gasteiger partial charge in [0.05, 0.1) is 16.9 Å². The maximum atomic E-state index is 13.4. The van der Waals surface area contributed by atoms with E-state index >= 15 is 0 Å². The maximum absolute atomic E-state index is 13.4. The van der Waals surface area contributed by atoms with Gasteiger partial charge in [-0.15, -0.1) is 0 Å². The average Bonchev–Trinajstić information content (AvgIpc) is 2.68. The maximum Gasteiger partial charge on any atom is 0.261 e. The van der Waals surface area contributed by atoms with E-state index in [1.54, 1.807) is 17.7 Å². The molecule has 0 N–H and O–H groups in total. The molecule has 0 aliphatic rings. The van der Waals surface area contributed by atoms with Crippen LogP contribution in [0.15, 0.2) is 29.1 Å². The van der Waals surface area contributed by atoms with Gasteiger partial charge >= 0.3 is 0 Å². The summed E-state index contributed by atoms with van der Waals surface area (Å²) in [5, 5.41) is 0.608. The highest BCUT2D eigenvalue weighted by atomic mass is 16.2. The van der Waals surface area contributed by atoms with Crippen LogP contribution in [0.25, 0.3) is 10.9 Å². The van der Waals surface area contributed by atoms with Crippen molar-refractivity contribution in [2.24, 2.45) is 18.9 Å². The van der Waals surface area contributed by atoms with Gasteiger partial charge in [-0.05, 0) is 37.8 Å². The van der Waals surface area contributed by atoms with Crippen LogP contribution in [0.5, 0.6) is 0 Å². The van der Waals surface area contributed by atoms with Crippen molar-refractivity contribution in [2.45, 2.75) is 66.3 Å². The van der Waals surface area contributed by atoms with E-state index in [0.29, 0.717) is 29.2 Å². The molecule has 5 nitrogen and oxygen atoms in total. The molecular weight excluding hydrogens is 350 g/mol. The van der Waals surface area contributed by atoms with Crippen molar-refractivity contribution in [1.29, 1.82) is 0 Å². The largest absolute Gasteiger partial charge is 0.332 e. The van der Waals surface area contributed by atoms with Crippen LogP contribution in [0.4, 0.5) is 0 Å². The number of para-hydroxylation sites is 1. The molecular formula is C23H35N3O2. The molecule has 0 fully saturated rings. The molecule has 2 rings (SSSR count). The minimum atomic E-state index is -0.257. The predicted octanol–water partition coefficient (Wildman–Crippen LogP) is 4.70. The summed E-state index contributed by atoms with van der Waals surface area (Å²) in [6.07, 6.45) is 3.90. The van der Waals surface area contributed by atoms with E-state index in [-0.39, 0.29) is 23.4 Å². The first-order valence-corrected chi connectivity index (χ1v) is 10.6. The normalized spacial score (nSPS) is 13.7. The first kappa shape index (κ1) is 22.1. The summed E-state index contributed by atoms with van der Waals surface area (Å²) in [7, 11) is 1.75. The predicted molar refractivity (Wildman–Crippen MR) is 115 cm³/mol. The van der Waals surface area contributed by atoms with Crippen molar-refractivity contribution in [3.63, 3.8) is 0 Å². The van der Waals surface area contributed by atoms with Gasteiger partial charge in [0, 0.05) is 19.5 Å². The summed E-state index contributed by atoms with van der Waals surface area (Å²) in [5.74, 6) is 1.19. The standard InChI is InChI=1S/C23H35N3O2/c1-7-9-12-18(8-2)22(27)26(15-16(3)4)17(5)21-24-20-14-11-10-13-19(20)23(28)25(21)6/h10-11,13-14,16-18H,7-9,12,15H2,1-6H3. The van der Waals surface area contributed by atoms with E-state index in [1.807, 2.05) is 30.0 Å². The SMILES string of the molecule is CCCCC(CC)C(=O)N(CC(C)C)C(C)c1nc2ccccc2c(=O)n1C. The third kappa shape index (κ3) is 4.81. The van der Waals surface area contributed by atoms with E-state index in [1.165, 1.54) is 0 Å². The molecule has 0 aliphatic heterocycles. The van der Waals surface area contributed by atoms with Crippen LogP contribution in [-0.4, -0.2) is 26.9 Å². The number of unbranched alkanes of at least 4 members (excludes halogenated alkanes) is 1. The van der Waals surface area contributed by atoms with Gasteiger partial charge in [-0.3, -0.25) is 14.2 Å². The van der Waals surface area contributed by atoms with Crippen LogP contribution in [0.1, 0.15) is 72.2 Å². The number of hydrogen-bond acceptors (Lipinski definition) is 3. The Balaban J connectivity index is 2.46. The summed E-state index contributed by atoms with van der Waals surface area (Å²) in [4.78, 5) is 32.9. The van der Waals surface area contributed by atoms with Crippen molar-refractivity contribution in [3.05, 3.63) is 40.4 Å². The third-order valence-corrected chi connectivity index (χ3v) is 5.45. The Morgan fingerprint density at radius 2 is 1.86 bits per heavy atom. The lowest BCUT2D eigenvalue weighted by molar-refractivity contribution is -0.139. The third-order valence-electron chi connectivity index (χ3n) is 5.45. The summed E-state index contributed by atoms with van der Waals surface area (Å²) in [6.45, 7) is 11.1. The quantitative estimate of drug-likeness (QED) is 0.629. The molecule has 1 aromatic carbocycles.